The van der Waals surface area contributed by atoms with Crippen molar-refractivity contribution < 1.29 is 0 Å². The summed E-state index contributed by atoms with van der Waals surface area (Å²) in [6, 6.07) is 8.69. The number of benzene rings is 1. The van der Waals surface area contributed by atoms with E-state index < -0.39 is 0 Å². The van der Waals surface area contributed by atoms with Gasteiger partial charge >= 0.3 is 0 Å². The van der Waals surface area contributed by atoms with Crippen LogP contribution in [0.25, 0.3) is 11.1 Å². The number of amidine groups is 1. The Bertz CT molecular complexity index is 593. The third kappa shape index (κ3) is 2.94. The van der Waals surface area contributed by atoms with E-state index in [2.05, 4.69) is 24.3 Å². The summed E-state index contributed by atoms with van der Waals surface area (Å²) in [7, 11) is 0. The van der Waals surface area contributed by atoms with Crippen LogP contribution in [0, 0.1) is 5.41 Å². The number of rotatable bonds is 2. The van der Waals surface area contributed by atoms with Crippen molar-refractivity contribution in [2.75, 3.05) is 0 Å². The summed E-state index contributed by atoms with van der Waals surface area (Å²) in [5.74, 6) is 0.162. The molecule has 2 nitrogen and oxygen atoms in total. The summed E-state index contributed by atoms with van der Waals surface area (Å²) >= 11 is 1.54. The van der Waals surface area contributed by atoms with E-state index in [1.54, 1.807) is 0 Å². The average Bonchev–Trinajstić information content (AvgIpc) is 2.96. The fraction of sp³-hybridized carbons (Fsp3) is 0.214. The Morgan fingerprint density at radius 3 is 2.58 bits per heavy atom. The molecule has 102 valence electrons. The quantitative estimate of drug-likeness (QED) is 0.638. The van der Waals surface area contributed by atoms with Gasteiger partial charge in [0.2, 0.25) is 0 Å². The largest absolute Gasteiger partial charge is 0.383 e. The van der Waals surface area contributed by atoms with Crippen LogP contribution in [0.5, 0.6) is 0 Å². The highest BCUT2D eigenvalue weighted by Crippen LogP contribution is 2.32. The predicted molar refractivity (Wildman–Crippen MR) is 87.3 cm³/mol. The molecular formula is C14H16Cl2N2S. The Hall–Kier alpha value is -1.03. The van der Waals surface area contributed by atoms with Gasteiger partial charge in [-0.25, -0.2) is 0 Å². The number of hydrogen-bond acceptors (Lipinski definition) is 2. The molecule has 0 saturated heterocycles. The lowest BCUT2D eigenvalue weighted by atomic mass is 10.0. The molecular weight excluding hydrogens is 299 g/mol. The molecule has 0 unspecified atom stereocenters. The van der Waals surface area contributed by atoms with E-state index in [0.29, 0.717) is 0 Å². The SMILES string of the molecule is Cl.Cl.N=C(N)c1sccc1-c1ccc2c(c1)CCC2. The van der Waals surface area contributed by atoms with Gasteiger partial charge in [-0.1, -0.05) is 18.2 Å². The maximum absolute atomic E-state index is 7.58. The van der Waals surface area contributed by atoms with Gasteiger partial charge in [0.15, 0.2) is 0 Å². The van der Waals surface area contributed by atoms with Crippen LogP contribution in [0.15, 0.2) is 29.6 Å². The normalized spacial score (nSPS) is 12.2. The highest BCUT2D eigenvalue weighted by Gasteiger charge is 2.14. The Kier molecular flexibility index (Phi) is 5.41. The zero-order chi connectivity index (χ0) is 11.8. The monoisotopic (exact) mass is 314 g/mol. The van der Waals surface area contributed by atoms with Crippen LogP contribution in [-0.2, 0) is 12.8 Å². The van der Waals surface area contributed by atoms with Crippen molar-refractivity contribution in [1.82, 2.24) is 0 Å². The first-order valence-electron chi connectivity index (χ1n) is 5.80. The maximum atomic E-state index is 7.58. The van der Waals surface area contributed by atoms with Crippen LogP contribution >= 0.6 is 36.2 Å². The van der Waals surface area contributed by atoms with Crippen molar-refractivity contribution >= 4 is 42.0 Å². The number of halogens is 2. The highest BCUT2D eigenvalue weighted by atomic mass is 35.5. The third-order valence-electron chi connectivity index (χ3n) is 3.32. The van der Waals surface area contributed by atoms with E-state index in [4.69, 9.17) is 11.1 Å². The lowest BCUT2D eigenvalue weighted by molar-refractivity contribution is 0.912. The first-order chi connectivity index (χ1) is 8.25. The Morgan fingerprint density at radius 1 is 1.11 bits per heavy atom. The number of aryl methyl sites for hydroxylation is 2. The minimum absolute atomic E-state index is 0. The van der Waals surface area contributed by atoms with Gasteiger partial charge in [0.1, 0.15) is 5.84 Å². The van der Waals surface area contributed by atoms with Gasteiger partial charge in [0.25, 0.3) is 0 Å². The van der Waals surface area contributed by atoms with Crippen LogP contribution in [-0.4, -0.2) is 5.84 Å². The first kappa shape index (κ1) is 16.0. The molecule has 1 aromatic carbocycles. The van der Waals surface area contributed by atoms with Crippen molar-refractivity contribution in [2.24, 2.45) is 5.73 Å². The molecule has 0 bridgehead atoms. The van der Waals surface area contributed by atoms with Crippen LogP contribution in [0.4, 0.5) is 0 Å². The van der Waals surface area contributed by atoms with E-state index >= 15 is 0 Å². The summed E-state index contributed by atoms with van der Waals surface area (Å²) in [6.07, 6.45) is 3.66. The molecule has 1 aliphatic carbocycles. The number of hydrogen-bond donors (Lipinski definition) is 2. The molecule has 3 N–H and O–H groups in total. The van der Waals surface area contributed by atoms with Crippen molar-refractivity contribution in [3.63, 3.8) is 0 Å². The summed E-state index contributed by atoms with van der Waals surface area (Å²) in [6.45, 7) is 0. The van der Waals surface area contributed by atoms with Gasteiger partial charge in [-0.3, -0.25) is 5.41 Å². The average molecular weight is 315 g/mol. The summed E-state index contributed by atoms with van der Waals surface area (Å²) in [5.41, 5.74) is 10.8. The van der Waals surface area contributed by atoms with Crippen molar-refractivity contribution in [2.45, 2.75) is 19.3 Å². The van der Waals surface area contributed by atoms with E-state index in [0.717, 1.165) is 10.4 Å². The fourth-order valence-corrected chi connectivity index (χ4v) is 3.26. The maximum Gasteiger partial charge on any atom is 0.133 e. The lowest BCUT2D eigenvalue weighted by Gasteiger charge is -2.05. The molecule has 0 fully saturated rings. The van der Waals surface area contributed by atoms with Crippen LogP contribution < -0.4 is 5.73 Å². The molecule has 2 aromatic rings. The lowest BCUT2D eigenvalue weighted by Crippen LogP contribution is -2.09. The third-order valence-corrected chi connectivity index (χ3v) is 4.27. The highest BCUT2D eigenvalue weighted by molar-refractivity contribution is 7.12. The van der Waals surface area contributed by atoms with Gasteiger partial charge in [0.05, 0.1) is 4.88 Å². The number of nitrogen functional groups attached to an aromatic ring is 1. The standard InChI is InChI=1S/C14H14N2S.2ClH/c15-14(16)13-12(6-7-17-13)11-5-4-9-2-1-3-10(9)8-11;;/h4-8H,1-3H2,(H3,15,16);2*1H. The smallest absolute Gasteiger partial charge is 0.133 e. The van der Waals surface area contributed by atoms with E-state index in [9.17, 15) is 0 Å². The minimum atomic E-state index is 0. The van der Waals surface area contributed by atoms with Crippen LogP contribution in [0.2, 0.25) is 0 Å². The van der Waals surface area contributed by atoms with E-state index in [1.165, 1.54) is 47.3 Å². The summed E-state index contributed by atoms with van der Waals surface area (Å²) in [5, 5.41) is 9.58. The number of nitrogens with one attached hydrogen (secondary N) is 1. The first-order valence-corrected chi connectivity index (χ1v) is 6.68. The zero-order valence-electron chi connectivity index (χ0n) is 10.3. The zero-order valence-corrected chi connectivity index (χ0v) is 12.8. The molecule has 0 aliphatic heterocycles. The molecule has 19 heavy (non-hydrogen) atoms. The molecule has 1 aliphatic rings. The van der Waals surface area contributed by atoms with E-state index in [1.807, 2.05) is 5.38 Å². The molecule has 5 heteroatoms. The van der Waals surface area contributed by atoms with Crippen molar-refractivity contribution in [3.8, 4) is 11.1 Å². The summed E-state index contributed by atoms with van der Waals surface area (Å²) in [4.78, 5) is 0.878. The van der Waals surface area contributed by atoms with Gasteiger partial charge < -0.3 is 5.73 Å². The molecule has 1 aromatic heterocycles. The van der Waals surface area contributed by atoms with Crippen molar-refractivity contribution in [1.29, 1.82) is 5.41 Å². The Balaban J connectivity index is 0.000000902. The molecule has 1 heterocycles. The number of thiophene rings is 1. The number of nitrogens with two attached hydrogens (primary N) is 1. The molecule has 0 radical (unpaired) electrons. The molecule has 3 rings (SSSR count). The molecule has 0 spiro atoms. The summed E-state index contributed by atoms with van der Waals surface area (Å²) < 4.78 is 0. The van der Waals surface area contributed by atoms with Gasteiger partial charge in [-0.05, 0) is 47.4 Å². The van der Waals surface area contributed by atoms with Crippen molar-refractivity contribution in [3.05, 3.63) is 45.6 Å². The molecule has 0 atom stereocenters. The van der Waals surface area contributed by atoms with Crippen LogP contribution in [0.3, 0.4) is 0 Å². The second-order valence-electron chi connectivity index (χ2n) is 4.41. The molecule has 0 amide bonds. The second-order valence-corrected chi connectivity index (χ2v) is 5.33. The fourth-order valence-electron chi connectivity index (χ4n) is 2.48. The van der Waals surface area contributed by atoms with Crippen LogP contribution in [0.1, 0.15) is 22.4 Å². The Morgan fingerprint density at radius 2 is 1.84 bits per heavy atom. The van der Waals surface area contributed by atoms with Gasteiger partial charge in [-0.15, -0.1) is 36.2 Å². The minimum Gasteiger partial charge on any atom is -0.383 e. The second kappa shape index (κ2) is 6.42. The van der Waals surface area contributed by atoms with Gasteiger partial charge in [-0.2, -0.15) is 0 Å². The molecule has 0 saturated carbocycles. The predicted octanol–water partition coefficient (Wildman–Crippen LogP) is 4.03. The Labute approximate surface area is 129 Å². The van der Waals surface area contributed by atoms with E-state index in [-0.39, 0.29) is 30.6 Å². The topological polar surface area (TPSA) is 49.9 Å². The van der Waals surface area contributed by atoms with Gasteiger partial charge in [0, 0.05) is 5.56 Å². The number of fused-ring (bicyclic) bond motifs is 1.